The molecule has 2 aromatic rings. The number of carbonyl (C=O) groups is 2. The van der Waals surface area contributed by atoms with E-state index in [-0.39, 0.29) is 11.8 Å². The average Bonchev–Trinajstić information content (AvgIpc) is 3.09. The van der Waals surface area contributed by atoms with Gasteiger partial charge in [0.15, 0.2) is 0 Å². The highest BCUT2D eigenvalue weighted by Crippen LogP contribution is 2.29. The first-order valence-corrected chi connectivity index (χ1v) is 10.5. The highest BCUT2D eigenvalue weighted by Gasteiger charge is 2.40. The van der Waals surface area contributed by atoms with Gasteiger partial charge < -0.3 is 14.7 Å². The summed E-state index contributed by atoms with van der Waals surface area (Å²) < 4.78 is 0.930. The molecule has 0 spiro atoms. The van der Waals surface area contributed by atoms with Gasteiger partial charge in [-0.05, 0) is 43.2 Å². The molecule has 4 rings (SSSR count). The van der Waals surface area contributed by atoms with Crippen molar-refractivity contribution in [1.29, 1.82) is 0 Å². The molecule has 0 bridgehead atoms. The second-order valence-corrected chi connectivity index (χ2v) is 8.33. The number of hydrogen-bond donors (Lipinski definition) is 0. The molecule has 2 aromatic carbocycles. The fraction of sp³-hybridized carbons (Fsp3) is 0.364. The Labute approximate surface area is 174 Å². The third-order valence-corrected chi connectivity index (χ3v) is 6.16. The van der Waals surface area contributed by atoms with Crippen LogP contribution in [0.4, 0.5) is 11.4 Å². The predicted octanol–water partition coefficient (Wildman–Crippen LogP) is 3.46. The van der Waals surface area contributed by atoms with E-state index in [1.54, 1.807) is 4.90 Å². The summed E-state index contributed by atoms with van der Waals surface area (Å²) >= 11 is 3.45. The van der Waals surface area contributed by atoms with Crippen LogP contribution in [0.1, 0.15) is 12.0 Å². The van der Waals surface area contributed by atoms with Crippen molar-refractivity contribution in [2.45, 2.75) is 13.3 Å². The molecule has 2 aliphatic rings. The van der Waals surface area contributed by atoms with Crippen LogP contribution in [0.25, 0.3) is 0 Å². The van der Waals surface area contributed by atoms with Gasteiger partial charge in [0.05, 0.1) is 0 Å². The lowest BCUT2D eigenvalue weighted by molar-refractivity contribution is -0.140. The standard InChI is InChI=1S/C22H24BrN3O2/c1-16-5-2-3-8-20(16)24-11-13-25(14-12-24)21(27)19-9-10-26(22(19)28)18-7-4-6-17(23)15-18/h2-8,15,19H,9-14H2,1H3. The minimum atomic E-state index is -0.552. The Morgan fingerprint density at radius 1 is 1.00 bits per heavy atom. The lowest BCUT2D eigenvalue weighted by Gasteiger charge is -2.37. The third kappa shape index (κ3) is 3.65. The molecule has 0 aliphatic carbocycles. The SMILES string of the molecule is Cc1ccccc1N1CCN(C(=O)C2CCN(c3cccc(Br)c3)C2=O)CC1. The van der Waals surface area contributed by atoms with Crippen LogP contribution in [0.2, 0.25) is 0 Å². The fourth-order valence-electron chi connectivity index (χ4n) is 4.12. The van der Waals surface area contributed by atoms with Gasteiger partial charge in [0.2, 0.25) is 11.8 Å². The number of anilines is 2. The van der Waals surface area contributed by atoms with E-state index in [4.69, 9.17) is 0 Å². The predicted molar refractivity (Wildman–Crippen MR) is 115 cm³/mol. The summed E-state index contributed by atoms with van der Waals surface area (Å²) in [7, 11) is 0. The number of nitrogens with zero attached hydrogens (tertiary/aromatic N) is 3. The zero-order chi connectivity index (χ0) is 19.7. The molecule has 0 radical (unpaired) electrons. The van der Waals surface area contributed by atoms with Crippen molar-refractivity contribution in [2.75, 3.05) is 42.5 Å². The van der Waals surface area contributed by atoms with Gasteiger partial charge in [0, 0.05) is 48.6 Å². The second-order valence-electron chi connectivity index (χ2n) is 7.41. The van der Waals surface area contributed by atoms with Crippen LogP contribution in [-0.2, 0) is 9.59 Å². The van der Waals surface area contributed by atoms with Gasteiger partial charge in [-0.1, -0.05) is 40.2 Å². The van der Waals surface area contributed by atoms with Gasteiger partial charge in [0.1, 0.15) is 5.92 Å². The maximum atomic E-state index is 13.0. The molecule has 28 heavy (non-hydrogen) atoms. The molecule has 0 saturated carbocycles. The van der Waals surface area contributed by atoms with E-state index < -0.39 is 5.92 Å². The average molecular weight is 442 g/mol. The highest BCUT2D eigenvalue weighted by molar-refractivity contribution is 9.10. The van der Waals surface area contributed by atoms with Crippen molar-refractivity contribution < 1.29 is 9.59 Å². The number of amides is 2. The van der Waals surface area contributed by atoms with Crippen LogP contribution in [0.15, 0.2) is 53.0 Å². The van der Waals surface area contributed by atoms with Crippen LogP contribution in [-0.4, -0.2) is 49.4 Å². The van der Waals surface area contributed by atoms with E-state index in [1.807, 2.05) is 41.3 Å². The number of para-hydroxylation sites is 1. The first-order chi connectivity index (χ1) is 13.5. The summed E-state index contributed by atoms with van der Waals surface area (Å²) in [6.45, 7) is 5.62. The number of aryl methyl sites for hydroxylation is 1. The van der Waals surface area contributed by atoms with Crippen LogP contribution in [0.3, 0.4) is 0 Å². The van der Waals surface area contributed by atoms with Crippen LogP contribution in [0, 0.1) is 12.8 Å². The van der Waals surface area contributed by atoms with E-state index in [1.165, 1.54) is 11.3 Å². The van der Waals surface area contributed by atoms with Crippen LogP contribution < -0.4 is 9.80 Å². The quantitative estimate of drug-likeness (QED) is 0.684. The van der Waals surface area contributed by atoms with Crippen molar-refractivity contribution in [3.8, 4) is 0 Å². The second kappa shape index (κ2) is 7.95. The molecule has 1 atom stereocenters. The summed E-state index contributed by atoms with van der Waals surface area (Å²) in [4.78, 5) is 31.8. The lowest BCUT2D eigenvalue weighted by atomic mass is 10.1. The summed E-state index contributed by atoms with van der Waals surface area (Å²) in [5, 5.41) is 0. The first-order valence-electron chi connectivity index (χ1n) is 9.71. The first kappa shape index (κ1) is 19.0. The van der Waals surface area contributed by atoms with Crippen molar-refractivity contribution in [3.05, 3.63) is 58.6 Å². The van der Waals surface area contributed by atoms with Crippen molar-refractivity contribution in [3.63, 3.8) is 0 Å². The molecule has 2 heterocycles. The van der Waals surface area contributed by atoms with Crippen molar-refractivity contribution >= 4 is 39.1 Å². The third-order valence-electron chi connectivity index (χ3n) is 5.67. The van der Waals surface area contributed by atoms with Gasteiger partial charge in [-0.25, -0.2) is 0 Å². The van der Waals surface area contributed by atoms with E-state index in [9.17, 15) is 9.59 Å². The molecule has 0 N–H and O–H groups in total. The monoisotopic (exact) mass is 441 g/mol. The molecule has 2 fully saturated rings. The minimum absolute atomic E-state index is 0.0214. The van der Waals surface area contributed by atoms with Gasteiger partial charge in [0.25, 0.3) is 0 Å². The molecule has 0 aromatic heterocycles. The number of rotatable bonds is 3. The highest BCUT2D eigenvalue weighted by atomic mass is 79.9. The topological polar surface area (TPSA) is 43.9 Å². The fourth-order valence-corrected chi connectivity index (χ4v) is 4.50. The number of carbonyl (C=O) groups excluding carboxylic acids is 2. The Hall–Kier alpha value is -2.34. The number of piperazine rings is 1. The molecular weight excluding hydrogens is 418 g/mol. The Kier molecular flexibility index (Phi) is 5.40. The zero-order valence-corrected chi connectivity index (χ0v) is 17.6. The van der Waals surface area contributed by atoms with E-state index >= 15 is 0 Å². The Morgan fingerprint density at radius 3 is 2.46 bits per heavy atom. The normalized spacial score (nSPS) is 20.0. The van der Waals surface area contributed by atoms with Crippen molar-refractivity contribution in [2.24, 2.45) is 5.92 Å². The Balaban J connectivity index is 1.39. The van der Waals surface area contributed by atoms with E-state index in [0.29, 0.717) is 26.1 Å². The van der Waals surface area contributed by atoms with E-state index in [2.05, 4.69) is 39.9 Å². The number of hydrogen-bond acceptors (Lipinski definition) is 3. The maximum absolute atomic E-state index is 13.0. The van der Waals surface area contributed by atoms with Crippen LogP contribution >= 0.6 is 15.9 Å². The maximum Gasteiger partial charge on any atom is 0.239 e. The summed E-state index contributed by atoms with van der Waals surface area (Å²) in [5.74, 6) is -0.652. The number of halogens is 1. The van der Waals surface area contributed by atoms with Gasteiger partial charge in [-0.2, -0.15) is 0 Å². The Bertz CT molecular complexity index is 893. The van der Waals surface area contributed by atoms with Crippen LogP contribution in [0.5, 0.6) is 0 Å². The van der Waals surface area contributed by atoms with Gasteiger partial charge in [-0.3, -0.25) is 9.59 Å². The van der Waals surface area contributed by atoms with E-state index in [0.717, 1.165) is 23.2 Å². The Morgan fingerprint density at radius 2 is 1.75 bits per heavy atom. The van der Waals surface area contributed by atoms with Gasteiger partial charge >= 0.3 is 0 Å². The summed E-state index contributed by atoms with van der Waals surface area (Å²) in [6.07, 6.45) is 0.586. The number of benzene rings is 2. The molecule has 2 aliphatic heterocycles. The smallest absolute Gasteiger partial charge is 0.239 e. The van der Waals surface area contributed by atoms with Crippen molar-refractivity contribution in [1.82, 2.24) is 4.90 Å². The summed E-state index contributed by atoms with van der Waals surface area (Å²) in [5.41, 5.74) is 3.32. The molecule has 6 heteroatoms. The molecular formula is C22H24BrN3O2. The van der Waals surface area contributed by atoms with Gasteiger partial charge in [-0.15, -0.1) is 0 Å². The lowest BCUT2D eigenvalue weighted by Crippen LogP contribution is -2.51. The summed E-state index contributed by atoms with van der Waals surface area (Å²) in [6, 6.07) is 16.0. The largest absolute Gasteiger partial charge is 0.368 e. The molecule has 146 valence electrons. The zero-order valence-electron chi connectivity index (χ0n) is 16.0. The molecule has 2 amide bonds. The minimum Gasteiger partial charge on any atom is -0.368 e. The molecule has 1 unspecified atom stereocenters. The molecule has 5 nitrogen and oxygen atoms in total. The molecule has 2 saturated heterocycles.